The second kappa shape index (κ2) is 6.81. The monoisotopic (exact) mass is 336 g/mol. The van der Waals surface area contributed by atoms with Gasteiger partial charge in [0.2, 0.25) is 0 Å². The summed E-state index contributed by atoms with van der Waals surface area (Å²) in [6.45, 7) is 1.89. The molecule has 5 nitrogen and oxygen atoms in total. The van der Waals surface area contributed by atoms with Crippen LogP contribution in [0.1, 0.15) is 15.9 Å². The standard InChI is InChI=1S/C15H13ClN2O3S/c1-9-3-5-12(11(16)7-9)17-15(19)10-4-6-14(22-2)13(8-10)18(20)21/h3-8H,1-2H3,(H,17,19). The molecule has 0 aliphatic rings. The van der Waals surface area contributed by atoms with Crippen LogP contribution in [0.4, 0.5) is 11.4 Å². The molecule has 2 aromatic carbocycles. The SMILES string of the molecule is CSc1ccc(C(=O)Nc2ccc(C)cc2Cl)cc1[N+](=O)[O-]. The summed E-state index contributed by atoms with van der Waals surface area (Å²) >= 11 is 7.32. The van der Waals surface area contributed by atoms with Crippen molar-refractivity contribution in [1.82, 2.24) is 0 Å². The first kappa shape index (κ1) is 16.3. The fourth-order valence-electron chi connectivity index (χ4n) is 1.89. The summed E-state index contributed by atoms with van der Waals surface area (Å²) < 4.78 is 0. The lowest BCUT2D eigenvalue weighted by atomic mass is 10.1. The van der Waals surface area contributed by atoms with Gasteiger partial charge in [-0.1, -0.05) is 17.7 Å². The highest BCUT2D eigenvalue weighted by molar-refractivity contribution is 7.98. The third-order valence-corrected chi connectivity index (χ3v) is 4.11. The van der Waals surface area contributed by atoms with Gasteiger partial charge in [-0.2, -0.15) is 0 Å². The molecule has 114 valence electrons. The predicted molar refractivity (Wildman–Crippen MR) is 89.0 cm³/mol. The smallest absolute Gasteiger partial charge is 0.283 e. The van der Waals surface area contributed by atoms with Crippen molar-refractivity contribution in [2.24, 2.45) is 0 Å². The van der Waals surface area contributed by atoms with Crippen molar-refractivity contribution >= 4 is 40.6 Å². The van der Waals surface area contributed by atoms with Crippen LogP contribution in [0.25, 0.3) is 0 Å². The van der Waals surface area contributed by atoms with Crippen molar-refractivity contribution in [2.75, 3.05) is 11.6 Å². The van der Waals surface area contributed by atoms with E-state index < -0.39 is 10.8 Å². The molecule has 2 rings (SSSR count). The van der Waals surface area contributed by atoms with E-state index in [0.29, 0.717) is 15.6 Å². The summed E-state index contributed by atoms with van der Waals surface area (Å²) in [5.74, 6) is -0.443. The number of thioether (sulfide) groups is 1. The second-order valence-electron chi connectivity index (χ2n) is 4.58. The number of benzene rings is 2. The summed E-state index contributed by atoms with van der Waals surface area (Å²) in [6.07, 6.45) is 1.74. The van der Waals surface area contributed by atoms with Crippen molar-refractivity contribution in [3.63, 3.8) is 0 Å². The van der Waals surface area contributed by atoms with E-state index in [1.807, 2.05) is 13.0 Å². The molecule has 0 bridgehead atoms. The van der Waals surface area contributed by atoms with Gasteiger partial charge in [-0.05, 0) is 43.0 Å². The minimum Gasteiger partial charge on any atom is -0.321 e. The van der Waals surface area contributed by atoms with Crippen molar-refractivity contribution in [3.05, 3.63) is 62.7 Å². The Morgan fingerprint density at radius 2 is 2.00 bits per heavy atom. The quantitative estimate of drug-likeness (QED) is 0.505. The number of nitrogens with zero attached hydrogens (tertiary/aromatic N) is 1. The molecule has 0 radical (unpaired) electrons. The minimum atomic E-state index is -0.499. The van der Waals surface area contributed by atoms with Gasteiger partial charge in [0.25, 0.3) is 11.6 Å². The van der Waals surface area contributed by atoms with E-state index in [-0.39, 0.29) is 11.3 Å². The largest absolute Gasteiger partial charge is 0.321 e. The molecule has 0 fully saturated rings. The number of amides is 1. The molecule has 0 spiro atoms. The third-order valence-electron chi connectivity index (χ3n) is 3.01. The van der Waals surface area contributed by atoms with Crippen LogP contribution in [0, 0.1) is 17.0 Å². The number of anilines is 1. The molecule has 0 heterocycles. The van der Waals surface area contributed by atoms with E-state index in [9.17, 15) is 14.9 Å². The average molecular weight is 337 g/mol. The van der Waals surface area contributed by atoms with E-state index in [0.717, 1.165) is 5.56 Å². The highest BCUT2D eigenvalue weighted by Gasteiger charge is 2.17. The molecule has 1 amide bonds. The molecular formula is C15H13ClN2O3S. The Hall–Kier alpha value is -2.05. The van der Waals surface area contributed by atoms with E-state index in [1.54, 1.807) is 30.5 Å². The predicted octanol–water partition coefficient (Wildman–Crippen LogP) is 4.53. The maximum Gasteiger partial charge on any atom is 0.283 e. The number of carbonyl (C=O) groups is 1. The molecule has 2 aromatic rings. The zero-order valence-corrected chi connectivity index (χ0v) is 13.5. The van der Waals surface area contributed by atoms with Gasteiger partial charge < -0.3 is 5.32 Å². The molecular weight excluding hydrogens is 324 g/mol. The van der Waals surface area contributed by atoms with E-state index in [4.69, 9.17) is 11.6 Å². The van der Waals surface area contributed by atoms with Crippen LogP contribution < -0.4 is 5.32 Å². The Morgan fingerprint density at radius 1 is 1.27 bits per heavy atom. The van der Waals surface area contributed by atoms with Gasteiger partial charge in [0.1, 0.15) is 0 Å². The average Bonchev–Trinajstić information content (AvgIpc) is 2.49. The van der Waals surface area contributed by atoms with Gasteiger partial charge in [-0.25, -0.2) is 0 Å². The molecule has 1 N–H and O–H groups in total. The number of hydrogen-bond acceptors (Lipinski definition) is 4. The first-order valence-corrected chi connectivity index (χ1v) is 7.92. The Balaban J connectivity index is 2.30. The van der Waals surface area contributed by atoms with Crippen LogP contribution >= 0.6 is 23.4 Å². The van der Waals surface area contributed by atoms with Crippen LogP contribution in [-0.2, 0) is 0 Å². The van der Waals surface area contributed by atoms with Gasteiger partial charge in [0.05, 0.1) is 20.5 Å². The highest BCUT2D eigenvalue weighted by Crippen LogP contribution is 2.29. The van der Waals surface area contributed by atoms with Crippen LogP contribution in [0.2, 0.25) is 5.02 Å². The summed E-state index contributed by atoms with van der Waals surface area (Å²) in [5.41, 5.74) is 1.56. The van der Waals surface area contributed by atoms with Gasteiger partial charge in [-0.15, -0.1) is 11.8 Å². The summed E-state index contributed by atoms with van der Waals surface area (Å²) in [6, 6.07) is 9.63. The van der Waals surface area contributed by atoms with Gasteiger partial charge in [-0.3, -0.25) is 14.9 Å². The normalized spacial score (nSPS) is 10.3. The zero-order chi connectivity index (χ0) is 16.3. The Labute approximate surface area is 136 Å². The molecule has 0 aromatic heterocycles. The molecule has 22 heavy (non-hydrogen) atoms. The third kappa shape index (κ3) is 3.58. The summed E-state index contributed by atoms with van der Waals surface area (Å²) in [5, 5.41) is 14.1. The maximum absolute atomic E-state index is 12.2. The summed E-state index contributed by atoms with van der Waals surface area (Å²) in [4.78, 5) is 23.3. The summed E-state index contributed by atoms with van der Waals surface area (Å²) in [7, 11) is 0. The number of aryl methyl sites for hydroxylation is 1. The number of nitro groups is 1. The molecule has 0 aliphatic carbocycles. The lowest BCUT2D eigenvalue weighted by Gasteiger charge is -2.08. The topological polar surface area (TPSA) is 72.2 Å². The fraction of sp³-hybridized carbons (Fsp3) is 0.133. The lowest BCUT2D eigenvalue weighted by Crippen LogP contribution is -2.12. The molecule has 0 saturated heterocycles. The van der Waals surface area contributed by atoms with Crippen LogP contribution in [-0.4, -0.2) is 17.1 Å². The van der Waals surface area contributed by atoms with E-state index >= 15 is 0 Å². The van der Waals surface area contributed by atoms with Crippen LogP contribution in [0.3, 0.4) is 0 Å². The molecule has 0 atom stereocenters. The molecule has 0 aliphatic heterocycles. The molecule has 0 unspecified atom stereocenters. The first-order chi connectivity index (χ1) is 10.4. The highest BCUT2D eigenvalue weighted by atomic mass is 35.5. The van der Waals surface area contributed by atoms with Crippen molar-refractivity contribution in [1.29, 1.82) is 0 Å². The number of nitro benzene ring substituents is 1. The fourth-order valence-corrected chi connectivity index (χ4v) is 2.72. The zero-order valence-electron chi connectivity index (χ0n) is 11.9. The lowest BCUT2D eigenvalue weighted by molar-refractivity contribution is -0.387. The number of hydrogen-bond donors (Lipinski definition) is 1. The van der Waals surface area contributed by atoms with Gasteiger partial charge >= 0.3 is 0 Å². The van der Waals surface area contributed by atoms with Gasteiger partial charge in [0, 0.05) is 11.6 Å². The van der Waals surface area contributed by atoms with Gasteiger partial charge in [0.15, 0.2) is 0 Å². The molecule has 0 saturated carbocycles. The number of rotatable bonds is 4. The van der Waals surface area contributed by atoms with Crippen LogP contribution in [0.5, 0.6) is 0 Å². The van der Waals surface area contributed by atoms with Crippen molar-refractivity contribution in [2.45, 2.75) is 11.8 Å². The Kier molecular flexibility index (Phi) is 5.05. The van der Waals surface area contributed by atoms with Crippen LogP contribution in [0.15, 0.2) is 41.3 Å². The van der Waals surface area contributed by atoms with Crippen molar-refractivity contribution < 1.29 is 9.72 Å². The van der Waals surface area contributed by atoms with Crippen molar-refractivity contribution in [3.8, 4) is 0 Å². The van der Waals surface area contributed by atoms with E-state index in [2.05, 4.69) is 5.32 Å². The maximum atomic E-state index is 12.2. The number of carbonyl (C=O) groups excluding carboxylic acids is 1. The Bertz CT molecular complexity index is 750. The Morgan fingerprint density at radius 3 is 2.59 bits per heavy atom. The minimum absolute atomic E-state index is 0.0878. The second-order valence-corrected chi connectivity index (χ2v) is 5.84. The number of halogens is 1. The first-order valence-electron chi connectivity index (χ1n) is 6.32. The number of nitrogens with one attached hydrogen (secondary N) is 1. The molecule has 7 heteroatoms. The van der Waals surface area contributed by atoms with E-state index in [1.165, 1.54) is 17.8 Å².